The van der Waals surface area contributed by atoms with E-state index in [-0.39, 0.29) is 5.70 Å². The first-order valence-electron chi connectivity index (χ1n) is 8.67. The molecule has 0 radical (unpaired) electrons. The first-order chi connectivity index (χ1) is 13.0. The van der Waals surface area contributed by atoms with E-state index in [9.17, 15) is 14.7 Å². The van der Waals surface area contributed by atoms with Gasteiger partial charge in [0.05, 0.1) is 13.2 Å². The molecule has 0 aliphatic rings. The van der Waals surface area contributed by atoms with Crippen molar-refractivity contribution in [3.05, 3.63) is 64.9 Å². The van der Waals surface area contributed by atoms with E-state index >= 15 is 0 Å². The fourth-order valence-electron chi connectivity index (χ4n) is 2.49. The molecule has 0 bridgehead atoms. The lowest BCUT2D eigenvalue weighted by molar-refractivity contribution is -0.132. The maximum atomic E-state index is 12.4. The van der Waals surface area contributed by atoms with Gasteiger partial charge in [-0.25, -0.2) is 4.79 Å². The van der Waals surface area contributed by atoms with Gasteiger partial charge in [-0.15, -0.1) is 0 Å². The van der Waals surface area contributed by atoms with Crippen LogP contribution in [0.2, 0.25) is 0 Å². The molecule has 0 atom stereocenters. The Labute approximate surface area is 158 Å². The third-order valence-corrected chi connectivity index (χ3v) is 3.75. The molecule has 0 saturated heterocycles. The summed E-state index contributed by atoms with van der Waals surface area (Å²) in [6.45, 7) is 6.45. The number of carbonyl (C=O) groups is 2. The minimum Gasteiger partial charge on any atom is -0.490 e. The summed E-state index contributed by atoms with van der Waals surface area (Å²) in [5.41, 5.74) is 1.53. The monoisotopic (exact) mass is 369 g/mol. The molecule has 0 aliphatic carbocycles. The second-order valence-electron chi connectivity index (χ2n) is 5.70. The fourth-order valence-corrected chi connectivity index (χ4v) is 2.49. The SMILES string of the molecule is CCOc1ccc(C=C(NC(=O)c2ccccc2C)C(=O)O)cc1OCC. The first kappa shape index (κ1) is 20.0. The maximum absolute atomic E-state index is 12.4. The van der Waals surface area contributed by atoms with Crippen LogP contribution < -0.4 is 14.8 Å². The minimum absolute atomic E-state index is 0.227. The molecule has 2 rings (SSSR count). The van der Waals surface area contributed by atoms with Gasteiger partial charge in [-0.05, 0) is 56.2 Å². The second-order valence-corrected chi connectivity index (χ2v) is 5.70. The quantitative estimate of drug-likeness (QED) is 0.694. The van der Waals surface area contributed by atoms with Gasteiger partial charge in [-0.2, -0.15) is 0 Å². The number of benzene rings is 2. The molecule has 142 valence electrons. The Hall–Kier alpha value is -3.28. The predicted molar refractivity (Wildman–Crippen MR) is 103 cm³/mol. The third kappa shape index (κ3) is 5.34. The van der Waals surface area contributed by atoms with E-state index in [1.807, 2.05) is 19.9 Å². The summed E-state index contributed by atoms with van der Waals surface area (Å²) in [7, 11) is 0. The van der Waals surface area contributed by atoms with Crippen LogP contribution in [0.5, 0.6) is 11.5 Å². The lowest BCUT2D eigenvalue weighted by atomic mass is 10.1. The van der Waals surface area contributed by atoms with Crippen molar-refractivity contribution in [1.29, 1.82) is 0 Å². The normalized spacial score (nSPS) is 11.0. The Morgan fingerprint density at radius 2 is 1.70 bits per heavy atom. The van der Waals surface area contributed by atoms with Crippen molar-refractivity contribution in [3.8, 4) is 11.5 Å². The Morgan fingerprint density at radius 1 is 1.04 bits per heavy atom. The van der Waals surface area contributed by atoms with Gasteiger partial charge in [0.15, 0.2) is 11.5 Å². The number of ether oxygens (including phenoxy) is 2. The molecule has 0 heterocycles. The molecular weight excluding hydrogens is 346 g/mol. The van der Waals surface area contributed by atoms with Gasteiger partial charge in [0.1, 0.15) is 5.70 Å². The summed E-state index contributed by atoms with van der Waals surface area (Å²) >= 11 is 0. The van der Waals surface area contributed by atoms with Crippen molar-refractivity contribution in [2.45, 2.75) is 20.8 Å². The van der Waals surface area contributed by atoms with Crippen LogP contribution in [0.25, 0.3) is 6.08 Å². The molecule has 0 saturated carbocycles. The lowest BCUT2D eigenvalue weighted by Crippen LogP contribution is -2.27. The summed E-state index contributed by atoms with van der Waals surface area (Å²) in [4.78, 5) is 24.0. The highest BCUT2D eigenvalue weighted by molar-refractivity contribution is 6.03. The fraction of sp³-hybridized carbons (Fsp3) is 0.238. The van der Waals surface area contributed by atoms with Crippen LogP contribution in [0.3, 0.4) is 0 Å². The highest BCUT2D eigenvalue weighted by Gasteiger charge is 2.15. The zero-order chi connectivity index (χ0) is 19.8. The second kappa shape index (κ2) is 9.43. The Balaban J connectivity index is 2.32. The van der Waals surface area contributed by atoms with Crippen LogP contribution in [0.4, 0.5) is 0 Å². The van der Waals surface area contributed by atoms with Crippen molar-refractivity contribution in [1.82, 2.24) is 5.32 Å². The van der Waals surface area contributed by atoms with E-state index in [0.717, 1.165) is 5.56 Å². The zero-order valence-electron chi connectivity index (χ0n) is 15.6. The smallest absolute Gasteiger partial charge is 0.352 e. The molecule has 6 nitrogen and oxygen atoms in total. The van der Waals surface area contributed by atoms with E-state index < -0.39 is 11.9 Å². The van der Waals surface area contributed by atoms with Crippen LogP contribution in [-0.2, 0) is 4.79 Å². The number of amides is 1. The van der Waals surface area contributed by atoms with Crippen LogP contribution in [-0.4, -0.2) is 30.2 Å². The number of aliphatic carboxylic acids is 1. The molecule has 1 amide bonds. The first-order valence-corrected chi connectivity index (χ1v) is 8.67. The Bertz CT molecular complexity index is 857. The number of carboxylic acids is 1. The molecule has 0 unspecified atom stereocenters. The predicted octanol–water partition coefficient (Wildman–Crippen LogP) is 3.65. The van der Waals surface area contributed by atoms with Crippen molar-refractivity contribution < 1.29 is 24.2 Å². The summed E-state index contributed by atoms with van der Waals surface area (Å²) in [6.07, 6.45) is 1.39. The number of rotatable bonds is 8. The number of hydrogen-bond acceptors (Lipinski definition) is 4. The van der Waals surface area contributed by atoms with Crippen molar-refractivity contribution in [2.75, 3.05) is 13.2 Å². The largest absolute Gasteiger partial charge is 0.490 e. The van der Waals surface area contributed by atoms with Gasteiger partial charge in [0.2, 0.25) is 0 Å². The summed E-state index contributed by atoms with van der Waals surface area (Å²) in [5, 5.41) is 11.9. The topological polar surface area (TPSA) is 84.9 Å². The molecule has 0 aromatic heterocycles. The highest BCUT2D eigenvalue weighted by Crippen LogP contribution is 2.29. The van der Waals surface area contributed by atoms with Gasteiger partial charge in [0.25, 0.3) is 5.91 Å². The zero-order valence-corrected chi connectivity index (χ0v) is 15.6. The van der Waals surface area contributed by atoms with Gasteiger partial charge in [-0.1, -0.05) is 24.3 Å². The van der Waals surface area contributed by atoms with Crippen molar-refractivity contribution >= 4 is 18.0 Å². The van der Waals surface area contributed by atoms with E-state index in [1.165, 1.54) is 6.08 Å². The summed E-state index contributed by atoms with van der Waals surface area (Å²) in [6, 6.07) is 12.1. The molecule has 6 heteroatoms. The van der Waals surface area contributed by atoms with Crippen LogP contribution in [0.15, 0.2) is 48.2 Å². The summed E-state index contributed by atoms with van der Waals surface area (Å²) in [5.74, 6) is -0.609. The molecule has 0 spiro atoms. The van der Waals surface area contributed by atoms with Crippen LogP contribution in [0.1, 0.15) is 35.3 Å². The molecule has 0 aliphatic heterocycles. The van der Waals surface area contributed by atoms with Gasteiger partial charge in [-0.3, -0.25) is 4.79 Å². The minimum atomic E-state index is -1.23. The third-order valence-electron chi connectivity index (χ3n) is 3.75. The van der Waals surface area contributed by atoms with E-state index in [0.29, 0.717) is 35.8 Å². The van der Waals surface area contributed by atoms with E-state index in [1.54, 1.807) is 43.3 Å². The van der Waals surface area contributed by atoms with Gasteiger partial charge >= 0.3 is 5.97 Å². The number of carbonyl (C=O) groups excluding carboxylic acids is 1. The molecule has 2 N–H and O–H groups in total. The highest BCUT2D eigenvalue weighted by atomic mass is 16.5. The van der Waals surface area contributed by atoms with Crippen LogP contribution >= 0.6 is 0 Å². The number of carboxylic acid groups (broad SMARTS) is 1. The lowest BCUT2D eigenvalue weighted by Gasteiger charge is -2.12. The molecule has 0 fully saturated rings. The summed E-state index contributed by atoms with van der Waals surface area (Å²) < 4.78 is 11.1. The molecule has 27 heavy (non-hydrogen) atoms. The number of nitrogens with one attached hydrogen (secondary N) is 1. The van der Waals surface area contributed by atoms with E-state index in [4.69, 9.17) is 9.47 Å². The van der Waals surface area contributed by atoms with Gasteiger partial charge in [0, 0.05) is 5.56 Å². The van der Waals surface area contributed by atoms with Crippen molar-refractivity contribution in [2.24, 2.45) is 0 Å². The van der Waals surface area contributed by atoms with Crippen molar-refractivity contribution in [3.63, 3.8) is 0 Å². The standard InChI is InChI=1S/C21H23NO5/c1-4-26-18-11-10-15(13-19(18)27-5-2)12-17(21(24)25)22-20(23)16-9-7-6-8-14(16)3/h6-13H,4-5H2,1-3H3,(H,22,23)(H,24,25). The molecule has 2 aromatic carbocycles. The maximum Gasteiger partial charge on any atom is 0.352 e. The number of hydrogen-bond donors (Lipinski definition) is 2. The average Bonchev–Trinajstić information content (AvgIpc) is 2.63. The van der Waals surface area contributed by atoms with E-state index in [2.05, 4.69) is 5.32 Å². The number of aryl methyl sites for hydroxylation is 1. The molecular formula is C21H23NO5. The average molecular weight is 369 g/mol. The van der Waals surface area contributed by atoms with Gasteiger partial charge < -0.3 is 19.9 Å². The molecule has 2 aromatic rings. The van der Waals surface area contributed by atoms with Crippen LogP contribution in [0, 0.1) is 6.92 Å². The Kier molecular flexibility index (Phi) is 7.00. The Morgan fingerprint density at radius 3 is 2.33 bits per heavy atom.